The number of nitrogens with one attached hydrogen (secondary N) is 1. The van der Waals surface area contributed by atoms with Gasteiger partial charge in [0.05, 0.1) is 48.5 Å². The van der Waals surface area contributed by atoms with Crippen LogP contribution in [0.4, 0.5) is 20.4 Å². The van der Waals surface area contributed by atoms with Crippen LogP contribution in [0.2, 0.25) is 5.02 Å². The third-order valence-electron chi connectivity index (χ3n) is 7.54. The second-order valence-corrected chi connectivity index (χ2v) is 10.2. The third-order valence-corrected chi connectivity index (χ3v) is 7.86. The lowest BCUT2D eigenvalue weighted by molar-refractivity contribution is 0.0663. The largest absolute Gasteiger partial charge is 0.389 e. The van der Waals surface area contributed by atoms with Crippen molar-refractivity contribution in [1.29, 1.82) is 0 Å². The van der Waals surface area contributed by atoms with Gasteiger partial charge in [-0.25, -0.2) is 18.7 Å². The van der Waals surface area contributed by atoms with Gasteiger partial charge in [-0.15, -0.1) is 0 Å². The van der Waals surface area contributed by atoms with Crippen LogP contribution in [0.25, 0.3) is 10.9 Å². The molecule has 3 unspecified atom stereocenters. The van der Waals surface area contributed by atoms with Gasteiger partial charge in [0.1, 0.15) is 6.04 Å². The monoisotopic (exact) mass is 504 g/mol. The van der Waals surface area contributed by atoms with Crippen LogP contribution in [-0.2, 0) is 4.74 Å². The van der Waals surface area contributed by atoms with Crippen LogP contribution >= 0.6 is 11.6 Å². The Morgan fingerprint density at radius 3 is 2.66 bits per heavy atom. The molecule has 3 aromatic rings. The standard InChI is InChI=1S/C24H27ClF2N6O2/c1-13-19(10-29-33(13)22-8-24(22,26)27)31-23-28-9-15-6-17(25)16(7-18(15)30-23)14-2-4-32(5-3-14)20-11-35-12-21(20)34/h6-7,9-10,14,20-22,34H,2-5,8,11-12H2,1H3,(H,28,30,31). The van der Waals surface area contributed by atoms with Gasteiger partial charge < -0.3 is 15.2 Å². The highest BCUT2D eigenvalue weighted by Gasteiger charge is 2.59. The van der Waals surface area contributed by atoms with E-state index >= 15 is 0 Å². The zero-order valence-electron chi connectivity index (χ0n) is 19.3. The molecule has 3 atom stereocenters. The maximum Gasteiger partial charge on any atom is 0.272 e. The summed E-state index contributed by atoms with van der Waals surface area (Å²) in [6, 6.07) is 3.12. The second kappa shape index (κ2) is 8.62. The van der Waals surface area contributed by atoms with Crippen LogP contribution in [0.15, 0.2) is 24.5 Å². The first-order chi connectivity index (χ1) is 16.8. The number of fused-ring (bicyclic) bond motifs is 1. The second-order valence-electron chi connectivity index (χ2n) is 9.80. The van der Waals surface area contributed by atoms with Crippen molar-refractivity contribution < 1.29 is 18.6 Å². The Labute approximate surface area is 206 Å². The fourth-order valence-corrected chi connectivity index (χ4v) is 5.63. The Balaban J connectivity index is 1.19. The van der Waals surface area contributed by atoms with Gasteiger partial charge in [-0.3, -0.25) is 9.58 Å². The first kappa shape index (κ1) is 23.0. The topological polar surface area (TPSA) is 88.3 Å². The molecule has 8 nitrogen and oxygen atoms in total. The number of anilines is 2. The number of aliphatic hydroxyl groups excluding tert-OH is 1. The molecule has 3 fully saturated rings. The molecule has 0 amide bonds. The molecule has 186 valence electrons. The Morgan fingerprint density at radius 2 is 1.97 bits per heavy atom. The molecule has 0 bridgehead atoms. The summed E-state index contributed by atoms with van der Waals surface area (Å²) in [4.78, 5) is 11.4. The van der Waals surface area contributed by atoms with Crippen molar-refractivity contribution in [2.45, 2.75) is 56.2 Å². The third kappa shape index (κ3) is 4.26. The lowest BCUT2D eigenvalue weighted by atomic mass is 9.88. The molecule has 1 aliphatic carbocycles. The Kier molecular flexibility index (Phi) is 5.67. The number of likely N-dealkylation sites (tertiary alicyclic amines) is 1. The molecule has 6 rings (SSSR count). The molecule has 0 radical (unpaired) electrons. The van der Waals surface area contributed by atoms with Gasteiger partial charge in [0.25, 0.3) is 5.92 Å². The number of rotatable bonds is 5. The fraction of sp³-hybridized carbons (Fsp3) is 0.542. The van der Waals surface area contributed by atoms with Crippen LogP contribution in [0, 0.1) is 6.92 Å². The van der Waals surface area contributed by atoms with Crippen LogP contribution in [0.3, 0.4) is 0 Å². The van der Waals surface area contributed by atoms with Crippen LogP contribution in [0.5, 0.6) is 0 Å². The van der Waals surface area contributed by atoms with Gasteiger partial charge in [-0.05, 0) is 56.5 Å². The first-order valence-electron chi connectivity index (χ1n) is 11.9. The molecule has 11 heteroatoms. The number of piperidine rings is 1. The molecule has 2 saturated heterocycles. The van der Waals surface area contributed by atoms with E-state index in [4.69, 9.17) is 16.3 Å². The van der Waals surface area contributed by atoms with Crippen molar-refractivity contribution in [2.75, 3.05) is 31.6 Å². The number of hydrogen-bond acceptors (Lipinski definition) is 7. The van der Waals surface area contributed by atoms with E-state index in [0.29, 0.717) is 41.5 Å². The van der Waals surface area contributed by atoms with Crippen molar-refractivity contribution in [3.8, 4) is 0 Å². The first-order valence-corrected chi connectivity index (χ1v) is 12.3. The molecule has 35 heavy (non-hydrogen) atoms. The molecule has 4 heterocycles. The van der Waals surface area contributed by atoms with E-state index in [1.165, 1.54) is 10.9 Å². The summed E-state index contributed by atoms with van der Waals surface area (Å²) < 4.78 is 33.7. The van der Waals surface area contributed by atoms with Gasteiger partial charge in [-0.1, -0.05) is 11.6 Å². The maximum absolute atomic E-state index is 13.5. The molecular formula is C24H27ClF2N6O2. The summed E-state index contributed by atoms with van der Waals surface area (Å²) in [5.41, 5.74) is 3.05. The number of aromatic nitrogens is 4. The van der Waals surface area contributed by atoms with Gasteiger partial charge in [-0.2, -0.15) is 5.10 Å². The summed E-state index contributed by atoms with van der Waals surface area (Å²) in [6.45, 7) is 4.50. The maximum atomic E-state index is 13.5. The van der Waals surface area contributed by atoms with E-state index in [1.807, 2.05) is 12.1 Å². The highest BCUT2D eigenvalue weighted by molar-refractivity contribution is 6.32. The minimum absolute atomic E-state index is 0.0725. The van der Waals surface area contributed by atoms with E-state index in [9.17, 15) is 13.9 Å². The average molecular weight is 505 g/mol. The lowest BCUT2D eigenvalue weighted by Crippen LogP contribution is -2.46. The van der Waals surface area contributed by atoms with Gasteiger partial charge >= 0.3 is 0 Å². The van der Waals surface area contributed by atoms with E-state index in [0.717, 1.165) is 42.4 Å². The highest BCUT2D eigenvalue weighted by atomic mass is 35.5. The number of alkyl halides is 2. The minimum Gasteiger partial charge on any atom is -0.389 e. The van der Waals surface area contributed by atoms with Crippen molar-refractivity contribution >= 4 is 34.1 Å². The minimum atomic E-state index is -2.69. The molecule has 2 aromatic heterocycles. The summed E-state index contributed by atoms with van der Waals surface area (Å²) >= 11 is 6.66. The van der Waals surface area contributed by atoms with Crippen molar-refractivity contribution in [2.24, 2.45) is 0 Å². The van der Waals surface area contributed by atoms with Gasteiger partial charge in [0, 0.05) is 23.0 Å². The van der Waals surface area contributed by atoms with Crippen LogP contribution in [0.1, 0.15) is 42.5 Å². The SMILES string of the molecule is Cc1c(Nc2ncc3cc(Cl)c(C4CCN(C5COCC5O)CC4)cc3n2)cnn1C1CC1(F)F. The Hall–Kier alpha value is -2.40. The normalized spacial score (nSPS) is 26.9. The van der Waals surface area contributed by atoms with Crippen LogP contribution in [-0.4, -0.2) is 74.1 Å². The molecule has 2 aliphatic heterocycles. The van der Waals surface area contributed by atoms with Crippen molar-refractivity contribution in [3.05, 3.63) is 40.8 Å². The number of hydrogen-bond donors (Lipinski definition) is 2. The van der Waals surface area contributed by atoms with E-state index in [1.54, 1.807) is 13.1 Å². The van der Waals surface area contributed by atoms with E-state index in [-0.39, 0.29) is 12.5 Å². The zero-order chi connectivity index (χ0) is 24.3. The van der Waals surface area contributed by atoms with E-state index in [2.05, 4.69) is 25.3 Å². The predicted molar refractivity (Wildman–Crippen MR) is 128 cm³/mol. The van der Waals surface area contributed by atoms with Gasteiger partial charge in [0.15, 0.2) is 0 Å². The van der Waals surface area contributed by atoms with Crippen LogP contribution < -0.4 is 5.32 Å². The summed E-state index contributed by atoms with van der Waals surface area (Å²) in [5, 5.41) is 18.9. The quantitative estimate of drug-likeness (QED) is 0.542. The molecule has 0 spiro atoms. The van der Waals surface area contributed by atoms with Crippen molar-refractivity contribution in [3.63, 3.8) is 0 Å². The smallest absolute Gasteiger partial charge is 0.272 e. The average Bonchev–Trinajstić information content (AvgIpc) is 3.11. The van der Waals surface area contributed by atoms with Gasteiger partial charge in [0.2, 0.25) is 5.95 Å². The number of nitrogens with zero attached hydrogens (tertiary/aromatic N) is 5. The van der Waals surface area contributed by atoms with E-state index < -0.39 is 18.1 Å². The lowest BCUT2D eigenvalue weighted by Gasteiger charge is -2.36. The molecule has 1 aromatic carbocycles. The molecular weight excluding hydrogens is 478 g/mol. The predicted octanol–water partition coefficient (Wildman–Crippen LogP) is 4.05. The Morgan fingerprint density at radius 1 is 1.20 bits per heavy atom. The Bertz CT molecular complexity index is 1260. The number of halogens is 3. The fourth-order valence-electron chi connectivity index (χ4n) is 5.31. The highest BCUT2D eigenvalue weighted by Crippen LogP contribution is 2.53. The number of aliphatic hydroxyl groups is 1. The number of ether oxygens (including phenoxy) is 1. The summed E-state index contributed by atoms with van der Waals surface area (Å²) in [5.74, 6) is -2.01. The summed E-state index contributed by atoms with van der Waals surface area (Å²) in [7, 11) is 0. The summed E-state index contributed by atoms with van der Waals surface area (Å²) in [6.07, 6.45) is 4.52. The molecule has 2 N–H and O–H groups in total. The zero-order valence-corrected chi connectivity index (χ0v) is 20.0. The number of benzene rings is 1. The van der Waals surface area contributed by atoms with Crippen molar-refractivity contribution in [1.82, 2.24) is 24.6 Å². The molecule has 3 aliphatic rings. The molecule has 1 saturated carbocycles.